The number of aromatic nitrogens is 5. The monoisotopic (exact) mass is 354 g/mol. The number of aryl methyl sites for hydroxylation is 1. The van der Waals surface area contributed by atoms with E-state index in [-0.39, 0.29) is 17.6 Å². The highest BCUT2D eigenvalue weighted by Crippen LogP contribution is 2.27. The molecule has 134 valence electrons. The van der Waals surface area contributed by atoms with Gasteiger partial charge >= 0.3 is 0 Å². The molecule has 0 aliphatic carbocycles. The number of likely N-dealkylation sites (tertiary alicyclic amines) is 1. The van der Waals surface area contributed by atoms with Crippen molar-refractivity contribution in [2.45, 2.75) is 25.7 Å². The maximum absolute atomic E-state index is 13.0. The zero-order valence-electron chi connectivity index (χ0n) is 14.4. The van der Waals surface area contributed by atoms with Crippen LogP contribution in [0.25, 0.3) is 11.4 Å². The second-order valence-electron chi connectivity index (χ2n) is 6.55. The number of nitrogens with zero attached hydrogens (tertiary/aromatic N) is 4. The lowest BCUT2D eigenvalue weighted by Crippen LogP contribution is -2.38. The number of rotatable bonds is 3. The molecule has 0 bridgehead atoms. The molecule has 1 fully saturated rings. The van der Waals surface area contributed by atoms with Crippen LogP contribution < -0.4 is 0 Å². The number of benzene rings is 1. The van der Waals surface area contributed by atoms with Gasteiger partial charge in [-0.25, -0.2) is 9.37 Å². The van der Waals surface area contributed by atoms with Gasteiger partial charge in [0.2, 0.25) is 0 Å². The summed E-state index contributed by atoms with van der Waals surface area (Å²) in [7, 11) is 0. The van der Waals surface area contributed by atoms with E-state index in [1.807, 2.05) is 11.8 Å². The predicted octanol–water partition coefficient (Wildman–Crippen LogP) is 2.66. The fourth-order valence-corrected chi connectivity index (χ4v) is 3.23. The summed E-state index contributed by atoms with van der Waals surface area (Å²) in [6.45, 7) is 3.18. The summed E-state index contributed by atoms with van der Waals surface area (Å²) in [6.07, 6.45) is 1.63. The van der Waals surface area contributed by atoms with E-state index < -0.39 is 0 Å². The second-order valence-corrected chi connectivity index (χ2v) is 6.55. The van der Waals surface area contributed by atoms with Crippen LogP contribution in [0.4, 0.5) is 4.39 Å². The van der Waals surface area contributed by atoms with E-state index in [1.165, 1.54) is 12.1 Å². The molecule has 2 aromatic heterocycles. The molecule has 0 unspecified atom stereocenters. The van der Waals surface area contributed by atoms with Gasteiger partial charge in [0.05, 0.1) is 0 Å². The fourth-order valence-electron chi connectivity index (χ4n) is 3.23. The minimum absolute atomic E-state index is 0.0441. The summed E-state index contributed by atoms with van der Waals surface area (Å²) < 4.78 is 13.0. The van der Waals surface area contributed by atoms with Gasteiger partial charge in [0.1, 0.15) is 17.3 Å². The third kappa shape index (κ3) is 3.22. The molecule has 0 atom stereocenters. The van der Waals surface area contributed by atoms with Gasteiger partial charge < -0.3 is 4.90 Å². The number of aromatic amines is 2. The molecule has 0 saturated carbocycles. The molecule has 4 rings (SSSR count). The van der Waals surface area contributed by atoms with Crippen molar-refractivity contribution in [2.75, 3.05) is 13.1 Å². The Morgan fingerprint density at radius 1 is 1.15 bits per heavy atom. The molecule has 0 spiro atoms. The lowest BCUT2D eigenvalue weighted by atomic mass is 9.96. The molecule has 26 heavy (non-hydrogen) atoms. The number of nitrogens with one attached hydrogen (secondary N) is 2. The van der Waals surface area contributed by atoms with Crippen molar-refractivity contribution in [2.24, 2.45) is 0 Å². The molecule has 1 saturated heterocycles. The molecule has 1 aromatic carbocycles. The Morgan fingerprint density at radius 2 is 1.88 bits per heavy atom. The topological polar surface area (TPSA) is 90.6 Å². The normalized spacial score (nSPS) is 15.4. The Kier molecular flexibility index (Phi) is 4.24. The van der Waals surface area contributed by atoms with E-state index in [1.54, 1.807) is 18.2 Å². The van der Waals surface area contributed by atoms with Crippen LogP contribution in [0.3, 0.4) is 0 Å². The van der Waals surface area contributed by atoms with Crippen molar-refractivity contribution >= 4 is 5.91 Å². The summed E-state index contributed by atoms with van der Waals surface area (Å²) in [5, 5.41) is 14.1. The SMILES string of the molecule is Cc1cc(C(=O)N2CCC(c3nc(-c4ccc(F)cc4)n[nH]3)CC2)n[nH]1. The van der Waals surface area contributed by atoms with Crippen molar-refractivity contribution in [1.82, 2.24) is 30.3 Å². The number of carbonyl (C=O) groups is 1. The maximum Gasteiger partial charge on any atom is 0.274 e. The van der Waals surface area contributed by atoms with Crippen LogP contribution in [0.5, 0.6) is 0 Å². The smallest absolute Gasteiger partial charge is 0.274 e. The molecular formula is C18H19FN6O. The minimum Gasteiger partial charge on any atom is -0.337 e. The number of piperidine rings is 1. The first-order valence-corrected chi connectivity index (χ1v) is 8.59. The van der Waals surface area contributed by atoms with Crippen LogP contribution >= 0.6 is 0 Å². The van der Waals surface area contributed by atoms with Gasteiger partial charge in [-0.05, 0) is 50.1 Å². The Hall–Kier alpha value is -3.03. The third-order valence-corrected chi connectivity index (χ3v) is 4.70. The molecular weight excluding hydrogens is 335 g/mol. The Balaban J connectivity index is 1.40. The average molecular weight is 354 g/mol. The zero-order valence-corrected chi connectivity index (χ0v) is 14.4. The quantitative estimate of drug-likeness (QED) is 0.756. The first kappa shape index (κ1) is 16.4. The van der Waals surface area contributed by atoms with Crippen LogP contribution in [0, 0.1) is 12.7 Å². The number of hydrogen-bond donors (Lipinski definition) is 2. The summed E-state index contributed by atoms with van der Waals surface area (Å²) in [6, 6.07) is 7.88. The highest BCUT2D eigenvalue weighted by molar-refractivity contribution is 5.92. The summed E-state index contributed by atoms with van der Waals surface area (Å²) in [5.74, 6) is 1.27. The van der Waals surface area contributed by atoms with Gasteiger partial charge in [-0.1, -0.05) is 0 Å². The van der Waals surface area contributed by atoms with E-state index in [0.29, 0.717) is 24.6 Å². The Bertz CT molecular complexity index is 908. The van der Waals surface area contributed by atoms with E-state index >= 15 is 0 Å². The van der Waals surface area contributed by atoms with Gasteiger partial charge in [-0.15, -0.1) is 0 Å². The van der Waals surface area contributed by atoms with Crippen molar-refractivity contribution in [3.05, 3.63) is 53.4 Å². The summed E-state index contributed by atoms with van der Waals surface area (Å²) >= 11 is 0. The fraction of sp³-hybridized carbons (Fsp3) is 0.333. The van der Waals surface area contributed by atoms with E-state index in [9.17, 15) is 9.18 Å². The number of H-pyrrole nitrogens is 2. The van der Waals surface area contributed by atoms with Crippen LogP contribution in [0.1, 0.15) is 40.8 Å². The Labute approximate surface area is 149 Å². The van der Waals surface area contributed by atoms with Crippen LogP contribution in [-0.2, 0) is 0 Å². The predicted molar refractivity (Wildman–Crippen MR) is 93.0 cm³/mol. The van der Waals surface area contributed by atoms with E-state index in [2.05, 4.69) is 25.4 Å². The zero-order chi connectivity index (χ0) is 18.1. The first-order valence-electron chi connectivity index (χ1n) is 8.59. The van der Waals surface area contributed by atoms with Crippen molar-refractivity contribution in [3.63, 3.8) is 0 Å². The molecule has 7 nitrogen and oxygen atoms in total. The van der Waals surface area contributed by atoms with Crippen LogP contribution in [0.15, 0.2) is 30.3 Å². The highest BCUT2D eigenvalue weighted by atomic mass is 19.1. The van der Waals surface area contributed by atoms with Crippen LogP contribution in [-0.4, -0.2) is 49.3 Å². The minimum atomic E-state index is -0.284. The molecule has 3 heterocycles. The first-order chi connectivity index (χ1) is 12.6. The number of carbonyl (C=O) groups excluding carboxylic acids is 1. The van der Waals surface area contributed by atoms with Crippen molar-refractivity contribution in [3.8, 4) is 11.4 Å². The molecule has 2 N–H and O–H groups in total. The van der Waals surface area contributed by atoms with Gasteiger partial charge in [0.25, 0.3) is 5.91 Å². The van der Waals surface area contributed by atoms with Gasteiger partial charge in [-0.2, -0.15) is 10.2 Å². The maximum atomic E-state index is 13.0. The van der Waals surface area contributed by atoms with E-state index in [0.717, 1.165) is 29.9 Å². The molecule has 1 aliphatic rings. The molecule has 1 aliphatic heterocycles. The summed E-state index contributed by atoms with van der Waals surface area (Å²) in [5.41, 5.74) is 2.10. The van der Waals surface area contributed by atoms with E-state index in [4.69, 9.17) is 0 Å². The Morgan fingerprint density at radius 3 is 2.54 bits per heavy atom. The van der Waals surface area contributed by atoms with Crippen molar-refractivity contribution < 1.29 is 9.18 Å². The lowest BCUT2D eigenvalue weighted by Gasteiger charge is -2.30. The lowest BCUT2D eigenvalue weighted by molar-refractivity contribution is 0.0705. The largest absolute Gasteiger partial charge is 0.337 e. The second kappa shape index (κ2) is 6.70. The molecule has 0 radical (unpaired) electrons. The van der Waals surface area contributed by atoms with Crippen LogP contribution in [0.2, 0.25) is 0 Å². The number of hydrogen-bond acceptors (Lipinski definition) is 4. The summed E-state index contributed by atoms with van der Waals surface area (Å²) in [4.78, 5) is 18.8. The highest BCUT2D eigenvalue weighted by Gasteiger charge is 2.27. The molecule has 8 heteroatoms. The van der Waals surface area contributed by atoms with Gasteiger partial charge in [0.15, 0.2) is 5.82 Å². The molecule has 1 amide bonds. The average Bonchev–Trinajstić information content (AvgIpc) is 3.31. The van der Waals surface area contributed by atoms with Gasteiger partial charge in [-0.3, -0.25) is 15.0 Å². The molecule has 3 aromatic rings. The van der Waals surface area contributed by atoms with Gasteiger partial charge in [0, 0.05) is 30.3 Å². The standard InChI is InChI=1S/C18H19FN6O/c1-11-10-15(22-21-11)18(26)25-8-6-13(7-9-25)17-20-16(23-24-17)12-2-4-14(19)5-3-12/h2-5,10,13H,6-9H2,1H3,(H,21,22)(H,20,23,24). The number of amides is 1. The number of halogens is 1. The van der Waals surface area contributed by atoms with Crippen molar-refractivity contribution in [1.29, 1.82) is 0 Å². The third-order valence-electron chi connectivity index (χ3n) is 4.70.